The van der Waals surface area contributed by atoms with Crippen LogP contribution >= 0.6 is 11.6 Å². The van der Waals surface area contributed by atoms with Crippen LogP contribution in [0.1, 0.15) is 19.4 Å². The van der Waals surface area contributed by atoms with Crippen molar-refractivity contribution >= 4 is 23.2 Å². The molecule has 0 bridgehead atoms. The van der Waals surface area contributed by atoms with E-state index in [-0.39, 0.29) is 5.91 Å². The average molecular weight is 364 g/mol. The van der Waals surface area contributed by atoms with Gasteiger partial charge in [0.15, 0.2) is 6.10 Å². The third-order valence-corrected chi connectivity index (χ3v) is 4.04. The summed E-state index contributed by atoms with van der Waals surface area (Å²) in [6.07, 6.45) is 0.271. The summed E-state index contributed by atoms with van der Waals surface area (Å²) in [4.78, 5) is 12.4. The van der Waals surface area contributed by atoms with Crippen LogP contribution in [0.4, 0.5) is 5.69 Å². The van der Waals surface area contributed by atoms with Gasteiger partial charge in [-0.2, -0.15) is 0 Å². The molecule has 0 aliphatic heterocycles. The number of anilines is 1. The molecule has 2 rings (SSSR count). The maximum Gasteiger partial charge on any atom is 0.265 e. The maximum absolute atomic E-state index is 12.4. The van der Waals surface area contributed by atoms with Crippen molar-refractivity contribution in [2.45, 2.75) is 26.4 Å². The fourth-order valence-electron chi connectivity index (χ4n) is 2.25. The average Bonchev–Trinajstić information content (AvgIpc) is 2.63. The van der Waals surface area contributed by atoms with Gasteiger partial charge in [-0.15, -0.1) is 0 Å². The van der Waals surface area contributed by atoms with Crippen molar-refractivity contribution in [1.29, 1.82) is 0 Å². The molecule has 1 unspecified atom stereocenters. The lowest BCUT2D eigenvalue weighted by Crippen LogP contribution is -2.30. The summed E-state index contributed by atoms with van der Waals surface area (Å²) in [5, 5.41) is 3.18. The zero-order valence-electron chi connectivity index (χ0n) is 14.8. The summed E-state index contributed by atoms with van der Waals surface area (Å²) in [6.45, 7) is 3.77. The van der Waals surface area contributed by atoms with Gasteiger partial charge in [0.05, 0.1) is 24.9 Å². The predicted octanol–water partition coefficient (Wildman–Crippen LogP) is 4.33. The topological polar surface area (TPSA) is 56.8 Å². The van der Waals surface area contributed by atoms with Crippen LogP contribution < -0.4 is 19.5 Å². The highest BCUT2D eigenvalue weighted by Crippen LogP contribution is 2.36. The Hall–Kier alpha value is -2.40. The van der Waals surface area contributed by atoms with E-state index in [1.54, 1.807) is 19.1 Å². The van der Waals surface area contributed by atoms with Gasteiger partial charge in [-0.1, -0.05) is 30.7 Å². The van der Waals surface area contributed by atoms with Crippen molar-refractivity contribution in [2.24, 2.45) is 0 Å². The Bertz CT molecular complexity index is 731. The lowest BCUT2D eigenvalue weighted by molar-refractivity contribution is -0.122. The van der Waals surface area contributed by atoms with Crippen molar-refractivity contribution in [3.63, 3.8) is 0 Å². The first kappa shape index (κ1) is 18.9. The number of amides is 1. The molecule has 0 saturated heterocycles. The third-order valence-electron chi connectivity index (χ3n) is 3.75. The van der Waals surface area contributed by atoms with Crippen molar-refractivity contribution in [3.8, 4) is 17.2 Å². The van der Waals surface area contributed by atoms with E-state index in [2.05, 4.69) is 12.2 Å². The van der Waals surface area contributed by atoms with Crippen LogP contribution in [-0.4, -0.2) is 26.2 Å². The molecule has 25 heavy (non-hydrogen) atoms. The van der Waals surface area contributed by atoms with E-state index in [1.165, 1.54) is 19.8 Å². The van der Waals surface area contributed by atoms with Crippen molar-refractivity contribution < 1.29 is 19.0 Å². The highest BCUT2D eigenvalue weighted by Gasteiger charge is 2.18. The second-order valence-corrected chi connectivity index (χ2v) is 5.84. The first-order valence-electron chi connectivity index (χ1n) is 7.96. The van der Waals surface area contributed by atoms with Gasteiger partial charge in [0, 0.05) is 12.1 Å². The number of carbonyl (C=O) groups excluding carboxylic acids is 1. The summed E-state index contributed by atoms with van der Waals surface area (Å²) in [5.74, 6) is 1.22. The molecule has 0 heterocycles. The van der Waals surface area contributed by atoms with Crippen LogP contribution in [0.15, 0.2) is 36.4 Å². The summed E-state index contributed by atoms with van der Waals surface area (Å²) in [5.41, 5.74) is 1.67. The number of methoxy groups -OCH3 is 2. The zero-order valence-corrected chi connectivity index (χ0v) is 15.5. The molecule has 1 atom stereocenters. The minimum absolute atomic E-state index is 0.303. The fourth-order valence-corrected chi connectivity index (χ4v) is 2.48. The van der Waals surface area contributed by atoms with Crippen LogP contribution in [-0.2, 0) is 11.2 Å². The van der Waals surface area contributed by atoms with Crippen molar-refractivity contribution in [3.05, 3.63) is 47.0 Å². The molecule has 0 radical (unpaired) electrons. The number of carbonyl (C=O) groups is 1. The van der Waals surface area contributed by atoms with E-state index in [4.69, 9.17) is 25.8 Å². The molecule has 1 N–H and O–H groups in total. The quantitative estimate of drug-likeness (QED) is 0.795. The number of nitrogens with one attached hydrogen (secondary N) is 1. The van der Waals surface area contributed by atoms with Gasteiger partial charge in [0.1, 0.15) is 17.2 Å². The second-order valence-electron chi connectivity index (χ2n) is 5.43. The Morgan fingerprint density at radius 2 is 1.76 bits per heavy atom. The van der Waals surface area contributed by atoms with Crippen LogP contribution in [0.5, 0.6) is 17.2 Å². The molecule has 2 aromatic carbocycles. The zero-order chi connectivity index (χ0) is 18.4. The Kier molecular flexibility index (Phi) is 6.53. The lowest BCUT2D eigenvalue weighted by Gasteiger charge is -2.17. The monoisotopic (exact) mass is 363 g/mol. The molecule has 0 spiro atoms. The number of hydrogen-bond acceptors (Lipinski definition) is 4. The van der Waals surface area contributed by atoms with Crippen LogP contribution in [0.2, 0.25) is 5.02 Å². The molecule has 0 aromatic heterocycles. The number of halogens is 1. The number of hydrogen-bond donors (Lipinski definition) is 1. The standard InChI is InChI=1S/C19H22ClNO4/c1-5-13-6-8-14(9-7-13)25-12(2)19(22)21-16-11-17(23-3)15(20)10-18(16)24-4/h6-12H,5H2,1-4H3,(H,21,22). The molecule has 134 valence electrons. The van der Waals surface area contributed by atoms with E-state index < -0.39 is 6.10 Å². The minimum atomic E-state index is -0.682. The fraction of sp³-hybridized carbons (Fsp3) is 0.316. The van der Waals surface area contributed by atoms with Gasteiger partial charge < -0.3 is 19.5 Å². The highest BCUT2D eigenvalue weighted by molar-refractivity contribution is 6.32. The number of rotatable bonds is 7. The summed E-state index contributed by atoms with van der Waals surface area (Å²) in [7, 11) is 3.01. The normalized spacial score (nSPS) is 11.6. The SMILES string of the molecule is CCc1ccc(OC(C)C(=O)Nc2cc(OC)c(Cl)cc2OC)cc1. The van der Waals surface area contributed by atoms with Crippen LogP contribution in [0, 0.1) is 0 Å². The summed E-state index contributed by atoms with van der Waals surface area (Å²) < 4.78 is 16.1. The largest absolute Gasteiger partial charge is 0.495 e. The molecular weight excluding hydrogens is 342 g/mol. The molecule has 0 fully saturated rings. The molecule has 0 aliphatic carbocycles. The Balaban J connectivity index is 2.09. The van der Waals surface area contributed by atoms with Gasteiger partial charge in [-0.05, 0) is 31.0 Å². The molecule has 6 heteroatoms. The van der Waals surface area contributed by atoms with Crippen LogP contribution in [0.25, 0.3) is 0 Å². The van der Waals surface area contributed by atoms with E-state index in [0.29, 0.717) is 28.0 Å². The number of aryl methyl sites for hydroxylation is 1. The molecule has 5 nitrogen and oxygen atoms in total. The van der Waals surface area contributed by atoms with E-state index in [1.807, 2.05) is 24.3 Å². The van der Waals surface area contributed by atoms with Gasteiger partial charge in [-0.3, -0.25) is 4.79 Å². The number of benzene rings is 2. The molecule has 0 saturated carbocycles. The van der Waals surface area contributed by atoms with E-state index in [9.17, 15) is 4.79 Å². The van der Waals surface area contributed by atoms with Crippen molar-refractivity contribution in [2.75, 3.05) is 19.5 Å². The van der Waals surface area contributed by atoms with Gasteiger partial charge in [0.2, 0.25) is 0 Å². The molecule has 2 aromatic rings. The number of ether oxygens (including phenoxy) is 3. The second kappa shape index (κ2) is 8.62. The lowest BCUT2D eigenvalue weighted by atomic mass is 10.2. The predicted molar refractivity (Wildman–Crippen MR) is 99.1 cm³/mol. The molecule has 1 amide bonds. The first-order chi connectivity index (χ1) is 12.0. The summed E-state index contributed by atoms with van der Waals surface area (Å²) >= 11 is 6.07. The minimum Gasteiger partial charge on any atom is -0.495 e. The van der Waals surface area contributed by atoms with E-state index in [0.717, 1.165) is 6.42 Å². The van der Waals surface area contributed by atoms with Gasteiger partial charge in [-0.25, -0.2) is 0 Å². The highest BCUT2D eigenvalue weighted by atomic mass is 35.5. The maximum atomic E-state index is 12.4. The smallest absolute Gasteiger partial charge is 0.265 e. The van der Waals surface area contributed by atoms with Crippen molar-refractivity contribution in [1.82, 2.24) is 0 Å². The van der Waals surface area contributed by atoms with Gasteiger partial charge in [0.25, 0.3) is 5.91 Å². The molecular formula is C19H22ClNO4. The molecule has 0 aliphatic rings. The van der Waals surface area contributed by atoms with Crippen LogP contribution in [0.3, 0.4) is 0 Å². The first-order valence-corrected chi connectivity index (χ1v) is 8.34. The Morgan fingerprint density at radius 1 is 1.12 bits per heavy atom. The van der Waals surface area contributed by atoms with Gasteiger partial charge >= 0.3 is 0 Å². The summed E-state index contributed by atoms with van der Waals surface area (Å²) in [6, 6.07) is 10.9. The van der Waals surface area contributed by atoms with E-state index >= 15 is 0 Å². The third kappa shape index (κ3) is 4.79. The Morgan fingerprint density at radius 3 is 2.32 bits per heavy atom. The Labute approximate surface area is 152 Å².